The quantitative estimate of drug-likeness (QED) is 0.631. The molecule has 0 aliphatic carbocycles. The normalized spacial score (nSPS) is 12.7. The zero-order valence-corrected chi connectivity index (χ0v) is 14.3. The van der Waals surface area contributed by atoms with Crippen LogP contribution in [0.1, 0.15) is 16.7 Å². The predicted molar refractivity (Wildman–Crippen MR) is 97.9 cm³/mol. The summed E-state index contributed by atoms with van der Waals surface area (Å²) in [7, 11) is 0. The molecule has 2 aromatic rings. The average Bonchev–Trinajstić information content (AvgIpc) is 3.13. The molecule has 0 spiro atoms. The van der Waals surface area contributed by atoms with Gasteiger partial charge in [-0.05, 0) is 22.8 Å². The fourth-order valence-corrected chi connectivity index (χ4v) is 2.28. The number of rotatable bonds is 6. The van der Waals surface area contributed by atoms with Crippen molar-refractivity contribution in [1.29, 1.82) is 0 Å². The highest BCUT2D eigenvalue weighted by Crippen LogP contribution is 2.14. The number of esters is 1. The van der Waals surface area contributed by atoms with Crippen LogP contribution >= 0.6 is 12.4 Å². The van der Waals surface area contributed by atoms with Gasteiger partial charge in [0.25, 0.3) is 0 Å². The molecule has 0 bridgehead atoms. The fraction of sp³-hybridized carbons (Fsp3) is 0.105. The standard InChI is InChI=1S/C19H18N2O3.ClH/c22-19(11-10-16-6-2-1-3-7-16)23-15-18-9-5-4-8-17(18)14-21-12-13-24-20-21;/h1-13,20H,14-15H2;1H/b11-10+;. The third kappa shape index (κ3) is 5.67. The van der Waals surface area contributed by atoms with Gasteiger partial charge in [0.2, 0.25) is 0 Å². The topological polar surface area (TPSA) is 50.8 Å². The van der Waals surface area contributed by atoms with Gasteiger partial charge in [-0.25, -0.2) is 4.79 Å². The van der Waals surface area contributed by atoms with Gasteiger partial charge in [-0.15, -0.1) is 12.4 Å². The first-order valence-electron chi connectivity index (χ1n) is 7.62. The van der Waals surface area contributed by atoms with Crippen LogP contribution in [0.3, 0.4) is 0 Å². The summed E-state index contributed by atoms with van der Waals surface area (Å²) in [5.41, 5.74) is 5.71. The Balaban J connectivity index is 0.00000225. The maximum Gasteiger partial charge on any atom is 0.331 e. The number of hydrazine groups is 1. The number of carbonyl (C=O) groups is 1. The van der Waals surface area contributed by atoms with Gasteiger partial charge in [-0.2, -0.15) is 0 Å². The molecule has 1 heterocycles. The van der Waals surface area contributed by atoms with E-state index in [4.69, 9.17) is 9.57 Å². The molecule has 3 rings (SSSR count). The first kappa shape index (κ1) is 18.6. The number of ether oxygens (including phenoxy) is 1. The van der Waals surface area contributed by atoms with Gasteiger partial charge in [-0.1, -0.05) is 60.2 Å². The minimum atomic E-state index is -0.365. The highest BCUT2D eigenvalue weighted by Gasteiger charge is 2.10. The van der Waals surface area contributed by atoms with Crippen molar-refractivity contribution in [2.75, 3.05) is 0 Å². The lowest BCUT2D eigenvalue weighted by atomic mass is 10.1. The molecule has 0 radical (unpaired) electrons. The molecule has 130 valence electrons. The Kier molecular flexibility index (Phi) is 7.07. The number of nitrogens with one attached hydrogen (secondary N) is 1. The Morgan fingerprint density at radius 2 is 1.80 bits per heavy atom. The molecule has 5 nitrogen and oxygen atoms in total. The lowest BCUT2D eigenvalue weighted by molar-refractivity contribution is -0.138. The minimum absolute atomic E-state index is 0. The van der Waals surface area contributed by atoms with Crippen LogP contribution < -0.4 is 5.59 Å². The zero-order chi connectivity index (χ0) is 16.6. The van der Waals surface area contributed by atoms with Crippen molar-refractivity contribution < 1.29 is 14.4 Å². The summed E-state index contributed by atoms with van der Waals surface area (Å²) in [6.07, 6.45) is 6.55. The van der Waals surface area contributed by atoms with Crippen LogP contribution in [0.4, 0.5) is 0 Å². The summed E-state index contributed by atoms with van der Waals surface area (Å²) in [5, 5.41) is 1.80. The molecule has 1 aliphatic heterocycles. The number of hydrogen-bond donors (Lipinski definition) is 1. The van der Waals surface area contributed by atoms with Crippen molar-refractivity contribution in [3.63, 3.8) is 0 Å². The van der Waals surface area contributed by atoms with E-state index in [1.54, 1.807) is 23.5 Å². The van der Waals surface area contributed by atoms with Gasteiger partial charge < -0.3 is 9.57 Å². The van der Waals surface area contributed by atoms with Crippen molar-refractivity contribution in [2.45, 2.75) is 13.2 Å². The highest BCUT2D eigenvalue weighted by molar-refractivity contribution is 5.87. The second-order valence-corrected chi connectivity index (χ2v) is 5.24. The van der Waals surface area contributed by atoms with Crippen molar-refractivity contribution >= 4 is 24.5 Å². The van der Waals surface area contributed by atoms with Crippen LogP contribution in [0, 0.1) is 0 Å². The Morgan fingerprint density at radius 1 is 1.08 bits per heavy atom. The largest absolute Gasteiger partial charge is 0.458 e. The Bertz CT molecular complexity index is 747. The molecular formula is C19H19ClN2O3. The van der Waals surface area contributed by atoms with E-state index in [0.717, 1.165) is 16.7 Å². The molecule has 1 N–H and O–H groups in total. The number of hydrogen-bond acceptors (Lipinski definition) is 5. The summed E-state index contributed by atoms with van der Waals surface area (Å²) >= 11 is 0. The van der Waals surface area contributed by atoms with E-state index < -0.39 is 0 Å². The van der Waals surface area contributed by atoms with E-state index in [1.165, 1.54) is 6.08 Å². The first-order chi connectivity index (χ1) is 11.8. The molecule has 1 aliphatic rings. The molecule has 0 fully saturated rings. The maximum absolute atomic E-state index is 11.9. The second-order valence-electron chi connectivity index (χ2n) is 5.24. The number of benzene rings is 2. The third-order valence-corrected chi connectivity index (χ3v) is 3.52. The van der Waals surface area contributed by atoms with Gasteiger partial charge in [-0.3, -0.25) is 5.01 Å². The highest BCUT2D eigenvalue weighted by atomic mass is 35.5. The van der Waals surface area contributed by atoms with Crippen LogP contribution in [-0.4, -0.2) is 11.0 Å². The van der Waals surface area contributed by atoms with Crippen molar-refractivity contribution in [1.82, 2.24) is 10.6 Å². The SMILES string of the molecule is Cl.O=C(/C=C/c1ccccc1)OCc1ccccc1CN1C=CON1. The first-order valence-corrected chi connectivity index (χ1v) is 7.62. The van der Waals surface area contributed by atoms with Gasteiger partial charge in [0.05, 0.1) is 12.7 Å². The monoisotopic (exact) mass is 358 g/mol. The summed E-state index contributed by atoms with van der Waals surface area (Å²) in [6.45, 7) is 0.844. The molecule has 6 heteroatoms. The number of carbonyl (C=O) groups excluding carboxylic acids is 1. The summed E-state index contributed by atoms with van der Waals surface area (Å²) < 4.78 is 5.34. The van der Waals surface area contributed by atoms with E-state index in [9.17, 15) is 4.79 Å². The molecule has 0 aromatic heterocycles. The van der Waals surface area contributed by atoms with Crippen LogP contribution in [-0.2, 0) is 27.5 Å². The van der Waals surface area contributed by atoms with Crippen molar-refractivity contribution in [3.8, 4) is 0 Å². The van der Waals surface area contributed by atoms with E-state index in [1.807, 2.05) is 54.6 Å². The molecule has 0 unspecified atom stereocenters. The molecular weight excluding hydrogens is 340 g/mol. The molecule has 0 saturated carbocycles. The maximum atomic E-state index is 11.9. The molecule has 0 amide bonds. The number of nitrogens with zero attached hydrogens (tertiary/aromatic N) is 1. The van der Waals surface area contributed by atoms with Gasteiger partial charge in [0, 0.05) is 6.08 Å². The summed E-state index contributed by atoms with van der Waals surface area (Å²) in [5.74, 6) is -0.365. The van der Waals surface area contributed by atoms with Crippen LogP contribution in [0.5, 0.6) is 0 Å². The lowest BCUT2D eigenvalue weighted by Gasteiger charge is -2.16. The predicted octanol–water partition coefficient (Wildman–Crippen LogP) is 3.59. The smallest absolute Gasteiger partial charge is 0.331 e. The minimum Gasteiger partial charge on any atom is -0.458 e. The van der Waals surface area contributed by atoms with E-state index in [2.05, 4.69) is 5.59 Å². The molecule has 25 heavy (non-hydrogen) atoms. The fourth-order valence-electron chi connectivity index (χ4n) is 2.28. The Hall–Kier alpha value is -2.76. The van der Waals surface area contributed by atoms with Crippen molar-refractivity contribution in [3.05, 3.63) is 89.8 Å². The van der Waals surface area contributed by atoms with Crippen LogP contribution in [0.2, 0.25) is 0 Å². The third-order valence-electron chi connectivity index (χ3n) is 3.52. The molecule has 2 aromatic carbocycles. The summed E-state index contributed by atoms with van der Waals surface area (Å²) in [6, 6.07) is 17.5. The van der Waals surface area contributed by atoms with E-state index >= 15 is 0 Å². The molecule has 0 atom stereocenters. The second kappa shape index (κ2) is 9.52. The van der Waals surface area contributed by atoms with Crippen LogP contribution in [0.25, 0.3) is 6.08 Å². The Labute approximate surface area is 152 Å². The lowest BCUT2D eigenvalue weighted by Crippen LogP contribution is -2.27. The van der Waals surface area contributed by atoms with Crippen molar-refractivity contribution in [2.24, 2.45) is 0 Å². The van der Waals surface area contributed by atoms with E-state index in [0.29, 0.717) is 6.54 Å². The molecule has 0 saturated heterocycles. The number of halogens is 1. The Morgan fingerprint density at radius 3 is 2.52 bits per heavy atom. The van der Waals surface area contributed by atoms with Gasteiger partial charge >= 0.3 is 5.97 Å². The summed E-state index contributed by atoms with van der Waals surface area (Å²) in [4.78, 5) is 16.8. The van der Waals surface area contributed by atoms with Gasteiger partial charge in [0.1, 0.15) is 12.9 Å². The average molecular weight is 359 g/mol. The zero-order valence-electron chi connectivity index (χ0n) is 13.5. The van der Waals surface area contributed by atoms with Gasteiger partial charge in [0.15, 0.2) is 0 Å². The van der Waals surface area contributed by atoms with Crippen LogP contribution in [0.15, 0.2) is 73.1 Å². The van der Waals surface area contributed by atoms with E-state index in [-0.39, 0.29) is 25.0 Å².